The zero-order chi connectivity index (χ0) is 22.8. The Hall–Kier alpha value is -4.88. The highest BCUT2D eigenvalue weighted by Gasteiger charge is 2.18. The molecule has 4 aromatic rings. The summed E-state index contributed by atoms with van der Waals surface area (Å²) < 4.78 is 16.3. The lowest BCUT2D eigenvalue weighted by Crippen LogP contribution is -2.21. The van der Waals surface area contributed by atoms with E-state index in [0.29, 0.717) is 5.56 Å². The second kappa shape index (κ2) is 8.10. The molecule has 0 amide bonds. The van der Waals surface area contributed by atoms with E-state index in [1.54, 1.807) is 0 Å². The number of benzene rings is 2. The average Bonchev–Trinajstić information content (AvgIpc) is 3.36. The molecule has 0 radical (unpaired) electrons. The van der Waals surface area contributed by atoms with E-state index in [1.165, 1.54) is 36.4 Å². The zero-order valence-electron chi connectivity index (χ0n) is 15.9. The van der Waals surface area contributed by atoms with Crippen LogP contribution in [0.1, 0.15) is 5.89 Å². The number of esters is 1. The van der Waals surface area contributed by atoms with Gasteiger partial charge in [0.2, 0.25) is 5.89 Å². The predicted octanol–water partition coefficient (Wildman–Crippen LogP) is 2.20. The van der Waals surface area contributed by atoms with E-state index in [-0.39, 0.29) is 40.9 Å². The van der Waals surface area contributed by atoms with E-state index in [9.17, 15) is 29.8 Å². The van der Waals surface area contributed by atoms with Crippen LogP contribution in [0, 0.1) is 20.2 Å². The molecule has 0 aliphatic heterocycles. The van der Waals surface area contributed by atoms with Gasteiger partial charge in [-0.3, -0.25) is 29.6 Å². The van der Waals surface area contributed by atoms with Gasteiger partial charge in [0.05, 0.1) is 21.4 Å². The number of nitro groups is 2. The van der Waals surface area contributed by atoms with Crippen LogP contribution in [0.25, 0.3) is 22.6 Å². The molecule has 2 heterocycles. The summed E-state index contributed by atoms with van der Waals surface area (Å²) in [7, 11) is 0. The third-order valence-electron chi connectivity index (χ3n) is 4.30. The van der Waals surface area contributed by atoms with Gasteiger partial charge >= 0.3 is 11.7 Å². The first kappa shape index (κ1) is 20.4. The minimum absolute atomic E-state index is 0.0354. The summed E-state index contributed by atoms with van der Waals surface area (Å²) in [6.07, 6.45) is 0. The van der Waals surface area contributed by atoms with Crippen LogP contribution < -0.4 is 5.76 Å². The maximum Gasteiger partial charge on any atom is 0.420 e. The second-order valence-corrected chi connectivity index (χ2v) is 6.33. The molecule has 14 nitrogen and oxygen atoms in total. The van der Waals surface area contributed by atoms with Crippen LogP contribution in [0.5, 0.6) is 0 Å². The number of ether oxygens (including phenoxy) is 1. The molecule has 0 saturated heterocycles. The highest BCUT2D eigenvalue weighted by Crippen LogP contribution is 2.22. The van der Waals surface area contributed by atoms with Crippen LogP contribution in [-0.2, 0) is 22.7 Å². The highest BCUT2D eigenvalue weighted by atomic mass is 16.6. The molecular weight excluding hydrogens is 430 g/mol. The third kappa shape index (κ3) is 4.04. The molecule has 0 fully saturated rings. The Morgan fingerprint density at radius 3 is 2.38 bits per heavy atom. The quantitative estimate of drug-likeness (QED) is 0.232. The standard InChI is InChI=1S/C18H11N5O9/c24-16(8-21-13-6-5-12(23(28)29)7-14(13)31-18(21)25)30-9-15-19-20-17(32-15)10-1-3-11(4-2-10)22(26)27/h1-7H,8-9H2. The van der Waals surface area contributed by atoms with E-state index in [4.69, 9.17) is 13.6 Å². The number of carbonyl (C=O) groups excluding carboxylic acids is 1. The number of carbonyl (C=O) groups is 1. The van der Waals surface area contributed by atoms with Crippen molar-refractivity contribution in [2.45, 2.75) is 13.2 Å². The maximum atomic E-state index is 12.1. The lowest BCUT2D eigenvalue weighted by molar-refractivity contribution is -0.385. The molecule has 0 bridgehead atoms. The Labute approximate surface area is 175 Å². The Bertz CT molecular complexity index is 1400. The van der Waals surface area contributed by atoms with E-state index in [0.717, 1.165) is 10.6 Å². The molecule has 2 aromatic carbocycles. The van der Waals surface area contributed by atoms with Gasteiger partial charge < -0.3 is 13.6 Å². The topological polar surface area (TPSA) is 187 Å². The van der Waals surface area contributed by atoms with Crippen molar-refractivity contribution >= 4 is 28.4 Å². The Balaban J connectivity index is 1.42. The van der Waals surface area contributed by atoms with E-state index < -0.39 is 28.1 Å². The summed E-state index contributed by atoms with van der Waals surface area (Å²) in [5.74, 6) is -1.66. The number of nitrogens with zero attached hydrogens (tertiary/aromatic N) is 5. The van der Waals surface area contributed by atoms with Crippen LogP contribution >= 0.6 is 0 Å². The molecule has 0 spiro atoms. The molecule has 0 atom stereocenters. The van der Waals surface area contributed by atoms with Gasteiger partial charge in [-0.2, -0.15) is 0 Å². The smallest absolute Gasteiger partial charge is 0.420 e. The largest absolute Gasteiger partial charge is 0.454 e. The Morgan fingerprint density at radius 2 is 1.69 bits per heavy atom. The minimum atomic E-state index is -0.879. The molecule has 162 valence electrons. The zero-order valence-corrected chi connectivity index (χ0v) is 15.9. The fraction of sp³-hybridized carbons (Fsp3) is 0.111. The van der Waals surface area contributed by atoms with Crippen LogP contribution in [-0.4, -0.2) is 30.6 Å². The van der Waals surface area contributed by atoms with Gasteiger partial charge in [-0.1, -0.05) is 0 Å². The maximum absolute atomic E-state index is 12.1. The van der Waals surface area contributed by atoms with E-state index >= 15 is 0 Å². The molecule has 4 rings (SSSR count). The van der Waals surface area contributed by atoms with Gasteiger partial charge in [-0.05, 0) is 18.2 Å². The fourth-order valence-corrected chi connectivity index (χ4v) is 2.79. The normalized spacial score (nSPS) is 10.9. The lowest BCUT2D eigenvalue weighted by Gasteiger charge is -2.03. The molecule has 0 aliphatic carbocycles. The first-order valence-corrected chi connectivity index (χ1v) is 8.82. The SMILES string of the molecule is O=C(Cn1c(=O)oc2cc([N+](=O)[O-])ccc21)OCc1nnc(-c2ccc([N+](=O)[O-])cc2)o1. The number of fused-ring (bicyclic) bond motifs is 1. The average molecular weight is 441 g/mol. The molecular formula is C18H11N5O9. The summed E-state index contributed by atoms with van der Waals surface area (Å²) in [5, 5.41) is 29.1. The molecule has 0 aliphatic rings. The van der Waals surface area contributed by atoms with Crippen molar-refractivity contribution in [1.29, 1.82) is 0 Å². The van der Waals surface area contributed by atoms with Gasteiger partial charge in [-0.15, -0.1) is 10.2 Å². The first-order valence-electron chi connectivity index (χ1n) is 8.82. The van der Waals surface area contributed by atoms with Crippen molar-refractivity contribution in [1.82, 2.24) is 14.8 Å². The third-order valence-corrected chi connectivity index (χ3v) is 4.30. The molecule has 0 unspecified atom stereocenters. The number of aromatic nitrogens is 3. The minimum Gasteiger partial charge on any atom is -0.454 e. The first-order chi connectivity index (χ1) is 15.3. The molecule has 32 heavy (non-hydrogen) atoms. The number of nitro benzene ring substituents is 2. The van der Waals surface area contributed by atoms with Crippen molar-refractivity contribution in [2.24, 2.45) is 0 Å². The van der Waals surface area contributed by atoms with Gasteiger partial charge in [0.1, 0.15) is 6.54 Å². The second-order valence-electron chi connectivity index (χ2n) is 6.33. The number of oxazole rings is 1. The van der Waals surface area contributed by atoms with Crippen LogP contribution in [0.15, 0.2) is 56.1 Å². The Kier molecular flexibility index (Phi) is 5.16. The van der Waals surface area contributed by atoms with Crippen molar-refractivity contribution in [2.75, 3.05) is 0 Å². The summed E-state index contributed by atoms with van der Waals surface area (Å²) in [6, 6.07) is 8.97. The van der Waals surface area contributed by atoms with Crippen molar-refractivity contribution < 1.29 is 28.2 Å². The van der Waals surface area contributed by atoms with Gasteiger partial charge in [-0.25, -0.2) is 4.79 Å². The van der Waals surface area contributed by atoms with E-state index in [1.807, 2.05) is 0 Å². The predicted molar refractivity (Wildman–Crippen MR) is 103 cm³/mol. The Morgan fingerprint density at radius 1 is 1.00 bits per heavy atom. The number of non-ortho nitro benzene ring substituents is 2. The number of hydrogen-bond donors (Lipinski definition) is 0. The van der Waals surface area contributed by atoms with Crippen LogP contribution in [0.4, 0.5) is 11.4 Å². The van der Waals surface area contributed by atoms with Crippen molar-refractivity contribution in [3.63, 3.8) is 0 Å². The van der Waals surface area contributed by atoms with Gasteiger partial charge in [0, 0.05) is 23.8 Å². The van der Waals surface area contributed by atoms with Crippen molar-refractivity contribution in [3.8, 4) is 11.5 Å². The number of rotatable bonds is 7. The molecule has 2 aromatic heterocycles. The molecule has 0 saturated carbocycles. The summed E-state index contributed by atoms with van der Waals surface area (Å²) in [5.41, 5.74) is 0.226. The highest BCUT2D eigenvalue weighted by molar-refractivity contribution is 5.78. The summed E-state index contributed by atoms with van der Waals surface area (Å²) in [4.78, 5) is 44.5. The molecule has 14 heteroatoms. The van der Waals surface area contributed by atoms with Crippen molar-refractivity contribution in [3.05, 3.63) is 79.1 Å². The fourth-order valence-electron chi connectivity index (χ4n) is 2.79. The van der Waals surface area contributed by atoms with E-state index in [2.05, 4.69) is 10.2 Å². The summed E-state index contributed by atoms with van der Waals surface area (Å²) in [6.45, 7) is -0.887. The van der Waals surface area contributed by atoms with Crippen LogP contribution in [0.2, 0.25) is 0 Å². The van der Waals surface area contributed by atoms with Crippen LogP contribution in [0.3, 0.4) is 0 Å². The monoisotopic (exact) mass is 441 g/mol. The molecule has 0 N–H and O–H groups in total. The summed E-state index contributed by atoms with van der Waals surface area (Å²) >= 11 is 0. The number of hydrogen-bond acceptors (Lipinski definition) is 11. The van der Waals surface area contributed by atoms with Gasteiger partial charge in [0.25, 0.3) is 17.3 Å². The van der Waals surface area contributed by atoms with Gasteiger partial charge in [0.15, 0.2) is 12.2 Å². The lowest BCUT2D eigenvalue weighted by atomic mass is 10.2.